The van der Waals surface area contributed by atoms with E-state index < -0.39 is 0 Å². The molecule has 1 heterocycles. The average molecular weight is 346 g/mol. The topological polar surface area (TPSA) is 65.5 Å². The molecule has 6 nitrogen and oxygen atoms in total. The van der Waals surface area contributed by atoms with Gasteiger partial charge < -0.3 is 19.5 Å². The molecular weight excluding hydrogens is 330 g/mol. The van der Waals surface area contributed by atoms with Crippen molar-refractivity contribution in [1.29, 1.82) is 0 Å². The van der Waals surface area contributed by atoms with E-state index in [0.29, 0.717) is 22.8 Å². The van der Waals surface area contributed by atoms with Crippen molar-refractivity contribution >= 4 is 34.0 Å². The summed E-state index contributed by atoms with van der Waals surface area (Å²) >= 11 is 6.06. The van der Waals surface area contributed by atoms with Gasteiger partial charge in [0, 0.05) is 23.2 Å². The third kappa shape index (κ3) is 3.14. The predicted molar refractivity (Wildman–Crippen MR) is 93.9 cm³/mol. The van der Waals surface area contributed by atoms with E-state index in [4.69, 9.17) is 25.8 Å². The Morgan fingerprint density at radius 1 is 0.917 bits per heavy atom. The molecule has 124 valence electrons. The lowest BCUT2D eigenvalue weighted by Crippen LogP contribution is -1.99. The summed E-state index contributed by atoms with van der Waals surface area (Å²) in [6, 6.07) is 11.1. The van der Waals surface area contributed by atoms with Crippen LogP contribution >= 0.6 is 11.6 Å². The van der Waals surface area contributed by atoms with Crippen LogP contribution in [0, 0.1) is 0 Å². The fourth-order valence-electron chi connectivity index (χ4n) is 2.36. The highest BCUT2D eigenvalue weighted by molar-refractivity contribution is 6.28. The maximum atomic E-state index is 6.06. The van der Waals surface area contributed by atoms with E-state index in [2.05, 4.69) is 15.3 Å². The van der Waals surface area contributed by atoms with E-state index >= 15 is 0 Å². The zero-order valence-electron chi connectivity index (χ0n) is 13.5. The van der Waals surface area contributed by atoms with Gasteiger partial charge in [0.2, 0.25) is 5.28 Å². The second-order valence-electron chi connectivity index (χ2n) is 4.92. The SMILES string of the molecule is COc1cccc(Nc2nc(Cl)nc3cc(OC)c(OC)cc23)c1. The Kier molecular flexibility index (Phi) is 4.57. The van der Waals surface area contributed by atoms with E-state index in [1.54, 1.807) is 27.4 Å². The summed E-state index contributed by atoms with van der Waals surface area (Å²) in [7, 11) is 4.77. The van der Waals surface area contributed by atoms with Crippen LogP contribution in [0.1, 0.15) is 0 Å². The van der Waals surface area contributed by atoms with Crippen molar-refractivity contribution in [3.63, 3.8) is 0 Å². The Morgan fingerprint density at radius 2 is 1.67 bits per heavy atom. The van der Waals surface area contributed by atoms with Crippen molar-refractivity contribution in [2.45, 2.75) is 0 Å². The molecule has 0 aliphatic carbocycles. The third-order valence-electron chi connectivity index (χ3n) is 3.51. The van der Waals surface area contributed by atoms with Crippen molar-refractivity contribution in [3.05, 3.63) is 41.7 Å². The number of halogens is 1. The minimum absolute atomic E-state index is 0.139. The van der Waals surface area contributed by atoms with Crippen molar-refractivity contribution in [2.75, 3.05) is 26.6 Å². The number of fused-ring (bicyclic) bond motifs is 1. The predicted octanol–water partition coefficient (Wildman–Crippen LogP) is 4.05. The first-order valence-corrected chi connectivity index (χ1v) is 7.52. The smallest absolute Gasteiger partial charge is 0.224 e. The molecule has 0 saturated heterocycles. The van der Waals surface area contributed by atoms with E-state index in [1.165, 1.54) is 0 Å². The molecule has 0 amide bonds. The zero-order valence-corrected chi connectivity index (χ0v) is 14.2. The second kappa shape index (κ2) is 6.80. The molecule has 3 aromatic rings. The average Bonchev–Trinajstić information content (AvgIpc) is 2.60. The van der Waals surface area contributed by atoms with Crippen LogP contribution in [0.2, 0.25) is 5.28 Å². The van der Waals surface area contributed by atoms with Crippen LogP contribution < -0.4 is 19.5 Å². The number of anilines is 2. The largest absolute Gasteiger partial charge is 0.497 e. The van der Waals surface area contributed by atoms with Gasteiger partial charge in [0.1, 0.15) is 11.6 Å². The van der Waals surface area contributed by atoms with Crippen LogP contribution in [-0.4, -0.2) is 31.3 Å². The Morgan fingerprint density at radius 3 is 2.38 bits per heavy atom. The number of ether oxygens (including phenoxy) is 3. The van der Waals surface area contributed by atoms with Crippen LogP contribution in [-0.2, 0) is 0 Å². The molecule has 0 bridgehead atoms. The molecule has 0 spiro atoms. The summed E-state index contributed by atoms with van der Waals surface area (Å²) in [6.45, 7) is 0. The number of hydrogen-bond donors (Lipinski definition) is 1. The molecule has 0 atom stereocenters. The Balaban J connectivity index is 2.12. The van der Waals surface area contributed by atoms with Crippen LogP contribution in [0.5, 0.6) is 17.2 Å². The van der Waals surface area contributed by atoms with Gasteiger partial charge in [-0.1, -0.05) is 6.07 Å². The van der Waals surface area contributed by atoms with Gasteiger partial charge >= 0.3 is 0 Å². The van der Waals surface area contributed by atoms with Crippen molar-refractivity contribution < 1.29 is 14.2 Å². The molecule has 3 rings (SSSR count). The van der Waals surface area contributed by atoms with Crippen LogP contribution in [0.4, 0.5) is 11.5 Å². The molecular formula is C17H16ClN3O3. The molecule has 24 heavy (non-hydrogen) atoms. The number of aromatic nitrogens is 2. The molecule has 0 radical (unpaired) electrons. The van der Waals surface area contributed by atoms with Gasteiger partial charge in [0.15, 0.2) is 11.5 Å². The fourth-order valence-corrected chi connectivity index (χ4v) is 2.54. The van der Waals surface area contributed by atoms with Gasteiger partial charge in [0.25, 0.3) is 0 Å². The van der Waals surface area contributed by atoms with Gasteiger partial charge in [-0.2, -0.15) is 4.98 Å². The lowest BCUT2D eigenvalue weighted by molar-refractivity contribution is 0.356. The minimum Gasteiger partial charge on any atom is -0.497 e. The van der Waals surface area contributed by atoms with E-state index in [0.717, 1.165) is 16.8 Å². The van der Waals surface area contributed by atoms with Gasteiger partial charge in [-0.15, -0.1) is 0 Å². The third-order valence-corrected chi connectivity index (χ3v) is 3.68. The molecule has 1 aromatic heterocycles. The van der Waals surface area contributed by atoms with Crippen molar-refractivity contribution in [2.24, 2.45) is 0 Å². The number of nitrogens with zero attached hydrogens (tertiary/aromatic N) is 2. The summed E-state index contributed by atoms with van der Waals surface area (Å²) in [5.74, 6) is 2.47. The monoisotopic (exact) mass is 345 g/mol. The van der Waals surface area contributed by atoms with Crippen LogP contribution in [0.25, 0.3) is 10.9 Å². The number of nitrogens with one attached hydrogen (secondary N) is 1. The number of rotatable bonds is 5. The summed E-state index contributed by atoms with van der Waals surface area (Å²) in [5.41, 5.74) is 1.47. The van der Waals surface area contributed by atoms with E-state index in [1.807, 2.05) is 30.3 Å². The summed E-state index contributed by atoms with van der Waals surface area (Å²) in [6.07, 6.45) is 0. The number of benzene rings is 2. The van der Waals surface area contributed by atoms with Gasteiger partial charge in [0.05, 0.1) is 26.8 Å². The summed E-state index contributed by atoms with van der Waals surface area (Å²) in [4.78, 5) is 8.54. The maximum Gasteiger partial charge on any atom is 0.224 e. The highest BCUT2D eigenvalue weighted by atomic mass is 35.5. The molecule has 7 heteroatoms. The normalized spacial score (nSPS) is 10.5. The van der Waals surface area contributed by atoms with Crippen molar-refractivity contribution in [1.82, 2.24) is 9.97 Å². The highest BCUT2D eigenvalue weighted by Gasteiger charge is 2.13. The quantitative estimate of drug-likeness (QED) is 0.704. The Labute approximate surface area is 144 Å². The Bertz CT molecular complexity index is 886. The second-order valence-corrected chi connectivity index (χ2v) is 5.26. The van der Waals surface area contributed by atoms with Crippen LogP contribution in [0.15, 0.2) is 36.4 Å². The van der Waals surface area contributed by atoms with E-state index in [-0.39, 0.29) is 5.28 Å². The Hall–Kier alpha value is -2.73. The van der Waals surface area contributed by atoms with E-state index in [9.17, 15) is 0 Å². The molecule has 1 N–H and O–H groups in total. The first-order chi connectivity index (χ1) is 11.6. The molecule has 0 fully saturated rings. The van der Waals surface area contributed by atoms with Gasteiger partial charge in [-0.25, -0.2) is 4.98 Å². The summed E-state index contributed by atoms with van der Waals surface area (Å²) < 4.78 is 15.9. The standard InChI is InChI=1S/C17H16ClN3O3/c1-22-11-6-4-5-10(7-11)19-16-12-8-14(23-2)15(24-3)9-13(12)20-17(18)21-16/h4-9H,1-3H3,(H,19,20,21). The number of methoxy groups -OCH3 is 3. The summed E-state index contributed by atoms with van der Waals surface area (Å²) in [5, 5.41) is 4.14. The van der Waals surface area contributed by atoms with Gasteiger partial charge in [-0.3, -0.25) is 0 Å². The molecule has 0 saturated carbocycles. The first kappa shape index (κ1) is 16.1. The fraction of sp³-hybridized carbons (Fsp3) is 0.176. The molecule has 0 unspecified atom stereocenters. The van der Waals surface area contributed by atoms with Crippen molar-refractivity contribution in [3.8, 4) is 17.2 Å². The minimum atomic E-state index is 0.139. The number of hydrogen-bond acceptors (Lipinski definition) is 6. The molecule has 2 aromatic carbocycles. The van der Waals surface area contributed by atoms with Crippen LogP contribution in [0.3, 0.4) is 0 Å². The zero-order chi connectivity index (χ0) is 17.1. The molecule has 0 aliphatic heterocycles. The van der Waals surface area contributed by atoms with Gasteiger partial charge in [-0.05, 0) is 29.8 Å². The molecule has 0 aliphatic rings. The highest BCUT2D eigenvalue weighted by Crippen LogP contribution is 2.35. The maximum absolute atomic E-state index is 6.06. The lowest BCUT2D eigenvalue weighted by atomic mass is 10.2. The lowest BCUT2D eigenvalue weighted by Gasteiger charge is -2.13. The first-order valence-electron chi connectivity index (χ1n) is 7.15.